The maximum Gasteiger partial charge on any atom is 0.0829 e. The minimum Gasteiger partial charge on any atom is -0.328 e. The van der Waals surface area contributed by atoms with E-state index in [4.69, 9.17) is 0 Å². The molecule has 2 saturated heterocycles. The SMILES string of the molecule is CN1CC2C[N+](C)(C)CC2C1. The number of quaternary nitrogens is 1. The van der Waals surface area contributed by atoms with Crippen molar-refractivity contribution in [3.63, 3.8) is 0 Å². The second-order valence-corrected chi connectivity index (χ2v) is 5.04. The number of rotatable bonds is 0. The smallest absolute Gasteiger partial charge is 0.0829 e. The van der Waals surface area contributed by atoms with Crippen LogP contribution in [-0.2, 0) is 0 Å². The van der Waals surface area contributed by atoms with Crippen molar-refractivity contribution >= 4 is 0 Å². The van der Waals surface area contributed by atoms with Crippen LogP contribution < -0.4 is 0 Å². The second-order valence-electron chi connectivity index (χ2n) is 5.04. The Morgan fingerprint density at radius 2 is 1.55 bits per heavy atom. The summed E-state index contributed by atoms with van der Waals surface area (Å²) in [5.41, 5.74) is 0. The van der Waals surface area contributed by atoms with E-state index < -0.39 is 0 Å². The normalized spacial score (nSPS) is 42.8. The molecule has 0 N–H and O–H groups in total. The van der Waals surface area contributed by atoms with Gasteiger partial charge in [0.15, 0.2) is 0 Å². The monoisotopic (exact) mass is 155 g/mol. The molecule has 2 aliphatic rings. The van der Waals surface area contributed by atoms with Crippen LogP contribution in [0, 0.1) is 11.8 Å². The first kappa shape index (κ1) is 7.56. The molecule has 2 rings (SSSR count). The van der Waals surface area contributed by atoms with E-state index in [-0.39, 0.29) is 0 Å². The van der Waals surface area contributed by atoms with E-state index in [0.29, 0.717) is 0 Å². The second kappa shape index (κ2) is 2.20. The van der Waals surface area contributed by atoms with Crippen LogP contribution in [0.15, 0.2) is 0 Å². The number of nitrogens with zero attached hydrogens (tertiary/aromatic N) is 2. The van der Waals surface area contributed by atoms with Gasteiger partial charge in [-0.15, -0.1) is 0 Å². The minimum atomic E-state index is 0.995. The molecular weight excluding hydrogens is 136 g/mol. The van der Waals surface area contributed by atoms with Gasteiger partial charge in [0.2, 0.25) is 0 Å². The minimum absolute atomic E-state index is 0.995. The van der Waals surface area contributed by atoms with E-state index in [1.165, 1.54) is 30.7 Å². The zero-order valence-corrected chi connectivity index (χ0v) is 7.88. The molecule has 11 heavy (non-hydrogen) atoms. The predicted octanol–water partition coefficient (Wildman–Crippen LogP) is 0.254. The summed E-state index contributed by atoms with van der Waals surface area (Å²) in [6, 6.07) is 0. The third-order valence-electron chi connectivity index (χ3n) is 3.22. The van der Waals surface area contributed by atoms with Gasteiger partial charge in [-0.25, -0.2) is 0 Å². The van der Waals surface area contributed by atoms with Crippen molar-refractivity contribution in [1.82, 2.24) is 4.90 Å². The Bertz CT molecular complexity index is 149. The maximum absolute atomic E-state index is 2.48. The van der Waals surface area contributed by atoms with E-state index in [9.17, 15) is 0 Å². The fourth-order valence-corrected chi connectivity index (χ4v) is 2.93. The molecule has 0 spiro atoms. The molecule has 64 valence electrons. The average Bonchev–Trinajstić information content (AvgIpc) is 2.17. The summed E-state index contributed by atoms with van der Waals surface area (Å²) in [5.74, 6) is 1.99. The van der Waals surface area contributed by atoms with Gasteiger partial charge in [0, 0.05) is 24.9 Å². The van der Waals surface area contributed by atoms with Crippen LogP contribution in [0.2, 0.25) is 0 Å². The molecule has 0 aromatic rings. The van der Waals surface area contributed by atoms with Crippen LogP contribution in [0.3, 0.4) is 0 Å². The van der Waals surface area contributed by atoms with Gasteiger partial charge in [-0.05, 0) is 7.05 Å². The molecule has 0 radical (unpaired) electrons. The molecule has 2 fully saturated rings. The molecule has 0 saturated carbocycles. The first-order valence-electron chi connectivity index (χ1n) is 4.57. The van der Waals surface area contributed by atoms with E-state index in [1.54, 1.807) is 0 Å². The van der Waals surface area contributed by atoms with Crippen LogP contribution >= 0.6 is 0 Å². The Labute approximate surface area is 69.4 Å². The van der Waals surface area contributed by atoms with Crippen molar-refractivity contribution in [3.05, 3.63) is 0 Å². The largest absolute Gasteiger partial charge is 0.328 e. The third kappa shape index (κ3) is 1.30. The van der Waals surface area contributed by atoms with Gasteiger partial charge in [-0.1, -0.05) is 0 Å². The lowest BCUT2D eigenvalue weighted by Crippen LogP contribution is -2.39. The Morgan fingerprint density at radius 3 is 2.00 bits per heavy atom. The molecule has 0 aromatic heterocycles. The number of fused-ring (bicyclic) bond motifs is 1. The summed E-state index contributed by atoms with van der Waals surface area (Å²) in [7, 11) is 6.97. The Morgan fingerprint density at radius 1 is 1.09 bits per heavy atom. The number of hydrogen-bond acceptors (Lipinski definition) is 1. The lowest BCUT2D eigenvalue weighted by Gasteiger charge is -2.25. The topological polar surface area (TPSA) is 3.24 Å². The Kier molecular flexibility index (Phi) is 1.52. The van der Waals surface area contributed by atoms with E-state index in [2.05, 4.69) is 26.0 Å². The summed E-state index contributed by atoms with van der Waals surface area (Å²) >= 11 is 0. The highest BCUT2D eigenvalue weighted by atomic mass is 15.3. The predicted molar refractivity (Wildman–Crippen MR) is 46.3 cm³/mol. The van der Waals surface area contributed by atoms with Crippen molar-refractivity contribution in [2.45, 2.75) is 0 Å². The van der Waals surface area contributed by atoms with E-state index in [1.807, 2.05) is 0 Å². The summed E-state index contributed by atoms with van der Waals surface area (Å²) < 4.78 is 1.25. The van der Waals surface area contributed by atoms with E-state index >= 15 is 0 Å². The van der Waals surface area contributed by atoms with Gasteiger partial charge in [0.25, 0.3) is 0 Å². The quantitative estimate of drug-likeness (QED) is 0.453. The molecule has 0 aromatic carbocycles. The average molecular weight is 155 g/mol. The van der Waals surface area contributed by atoms with Crippen molar-refractivity contribution in [2.75, 3.05) is 47.3 Å². The van der Waals surface area contributed by atoms with Crippen molar-refractivity contribution < 1.29 is 4.48 Å². The number of likely N-dealkylation sites (tertiary alicyclic amines) is 2. The maximum atomic E-state index is 2.48. The van der Waals surface area contributed by atoms with Gasteiger partial charge < -0.3 is 9.38 Å². The van der Waals surface area contributed by atoms with E-state index in [0.717, 1.165) is 11.8 Å². The fourth-order valence-electron chi connectivity index (χ4n) is 2.93. The molecule has 2 unspecified atom stereocenters. The first-order chi connectivity index (χ1) is 5.07. The highest BCUT2D eigenvalue weighted by Gasteiger charge is 2.44. The summed E-state index contributed by atoms with van der Waals surface area (Å²) in [6.07, 6.45) is 0. The Hall–Kier alpha value is -0.0800. The molecule has 0 amide bonds. The van der Waals surface area contributed by atoms with Crippen LogP contribution in [0.1, 0.15) is 0 Å². The van der Waals surface area contributed by atoms with Crippen LogP contribution in [-0.4, -0.2) is 56.7 Å². The lowest BCUT2D eigenvalue weighted by atomic mass is 10.0. The summed E-state index contributed by atoms with van der Waals surface area (Å²) in [5, 5.41) is 0. The Balaban J connectivity index is 2.04. The third-order valence-corrected chi connectivity index (χ3v) is 3.22. The molecule has 0 aliphatic carbocycles. The molecule has 2 aliphatic heterocycles. The highest BCUT2D eigenvalue weighted by molar-refractivity contribution is 4.85. The van der Waals surface area contributed by atoms with Crippen LogP contribution in [0.4, 0.5) is 0 Å². The van der Waals surface area contributed by atoms with Gasteiger partial charge in [-0.2, -0.15) is 0 Å². The van der Waals surface area contributed by atoms with Gasteiger partial charge in [0.05, 0.1) is 27.2 Å². The zero-order valence-electron chi connectivity index (χ0n) is 7.88. The molecular formula is C9H19N2+. The van der Waals surface area contributed by atoms with Gasteiger partial charge in [-0.3, -0.25) is 0 Å². The van der Waals surface area contributed by atoms with Crippen molar-refractivity contribution in [3.8, 4) is 0 Å². The molecule has 2 heterocycles. The molecule has 0 bridgehead atoms. The summed E-state index contributed by atoms with van der Waals surface area (Å²) in [6.45, 7) is 5.47. The van der Waals surface area contributed by atoms with Crippen LogP contribution in [0.5, 0.6) is 0 Å². The summed E-state index contributed by atoms with van der Waals surface area (Å²) in [4.78, 5) is 2.48. The zero-order chi connectivity index (χ0) is 8.06. The molecule has 2 atom stereocenters. The standard InChI is InChI=1S/C9H19N2/c1-10-4-8-6-11(2,3)7-9(8)5-10/h8-9H,4-7H2,1-3H3/q+1. The van der Waals surface area contributed by atoms with Crippen molar-refractivity contribution in [1.29, 1.82) is 0 Å². The van der Waals surface area contributed by atoms with Crippen LogP contribution in [0.25, 0.3) is 0 Å². The highest BCUT2D eigenvalue weighted by Crippen LogP contribution is 2.32. The van der Waals surface area contributed by atoms with Gasteiger partial charge >= 0.3 is 0 Å². The number of hydrogen-bond donors (Lipinski definition) is 0. The fraction of sp³-hybridized carbons (Fsp3) is 1.00. The molecule has 2 nitrogen and oxygen atoms in total. The van der Waals surface area contributed by atoms with Crippen molar-refractivity contribution in [2.24, 2.45) is 11.8 Å². The first-order valence-corrected chi connectivity index (χ1v) is 4.57. The lowest BCUT2D eigenvalue weighted by molar-refractivity contribution is -0.881. The van der Waals surface area contributed by atoms with Gasteiger partial charge in [0.1, 0.15) is 0 Å². The molecule has 2 heteroatoms.